The largest absolute Gasteiger partial charge is 0.495 e. The molecule has 0 saturated carbocycles. The van der Waals surface area contributed by atoms with Gasteiger partial charge in [-0.2, -0.15) is 0 Å². The van der Waals surface area contributed by atoms with Crippen LogP contribution < -0.4 is 4.74 Å². The van der Waals surface area contributed by atoms with Gasteiger partial charge in [0.1, 0.15) is 11.6 Å². The van der Waals surface area contributed by atoms with E-state index in [9.17, 15) is 9.18 Å². The SMILES string of the molecule is COc1cc(-c2ccc(F)c(C=O)c2)ccc1Cl. The standard InChI is InChI=1S/C14H10ClFO2/c1-18-14-7-10(2-4-12(14)15)9-3-5-13(16)11(6-9)8-17/h2-8H,1H3. The smallest absolute Gasteiger partial charge is 0.153 e. The van der Waals surface area contributed by atoms with Crippen molar-refractivity contribution < 1.29 is 13.9 Å². The second kappa shape index (κ2) is 5.19. The van der Waals surface area contributed by atoms with E-state index < -0.39 is 5.82 Å². The molecule has 0 fully saturated rings. The van der Waals surface area contributed by atoms with Crippen molar-refractivity contribution in [3.8, 4) is 16.9 Å². The number of carbonyl (C=O) groups excluding carboxylic acids is 1. The summed E-state index contributed by atoms with van der Waals surface area (Å²) in [5, 5.41) is 0.499. The van der Waals surface area contributed by atoms with Gasteiger partial charge in [-0.1, -0.05) is 23.7 Å². The molecule has 0 radical (unpaired) electrons. The zero-order chi connectivity index (χ0) is 13.1. The van der Waals surface area contributed by atoms with Crippen LogP contribution in [0.25, 0.3) is 11.1 Å². The number of methoxy groups -OCH3 is 1. The molecule has 0 saturated heterocycles. The van der Waals surface area contributed by atoms with Crippen LogP contribution in [0.3, 0.4) is 0 Å². The van der Waals surface area contributed by atoms with E-state index in [1.807, 2.05) is 0 Å². The summed E-state index contributed by atoms with van der Waals surface area (Å²) in [7, 11) is 1.52. The zero-order valence-corrected chi connectivity index (χ0v) is 10.4. The minimum absolute atomic E-state index is 0.0291. The van der Waals surface area contributed by atoms with Gasteiger partial charge in [-0.25, -0.2) is 4.39 Å². The lowest BCUT2D eigenvalue weighted by Gasteiger charge is -2.07. The van der Waals surface area contributed by atoms with Crippen molar-refractivity contribution in [1.82, 2.24) is 0 Å². The van der Waals surface area contributed by atoms with E-state index in [1.54, 1.807) is 24.3 Å². The Balaban J connectivity index is 2.51. The fourth-order valence-electron chi connectivity index (χ4n) is 1.65. The van der Waals surface area contributed by atoms with Gasteiger partial charge in [0.25, 0.3) is 0 Å². The average Bonchev–Trinajstić information content (AvgIpc) is 2.40. The van der Waals surface area contributed by atoms with Gasteiger partial charge < -0.3 is 4.74 Å². The highest BCUT2D eigenvalue weighted by atomic mass is 35.5. The van der Waals surface area contributed by atoms with Gasteiger partial charge in [0.2, 0.25) is 0 Å². The molecule has 92 valence electrons. The Labute approximate surface area is 109 Å². The summed E-state index contributed by atoms with van der Waals surface area (Å²) in [5.41, 5.74) is 1.56. The molecule has 2 nitrogen and oxygen atoms in total. The van der Waals surface area contributed by atoms with Crippen molar-refractivity contribution in [1.29, 1.82) is 0 Å². The van der Waals surface area contributed by atoms with Crippen LogP contribution in [0.4, 0.5) is 4.39 Å². The summed E-state index contributed by atoms with van der Waals surface area (Å²) in [4.78, 5) is 10.7. The maximum Gasteiger partial charge on any atom is 0.153 e. The first kappa shape index (κ1) is 12.6. The summed E-state index contributed by atoms with van der Waals surface area (Å²) < 4.78 is 18.3. The molecule has 0 aliphatic carbocycles. The molecule has 0 bridgehead atoms. The highest BCUT2D eigenvalue weighted by Crippen LogP contribution is 2.30. The average molecular weight is 265 g/mol. The third kappa shape index (κ3) is 2.36. The van der Waals surface area contributed by atoms with Crippen molar-refractivity contribution >= 4 is 17.9 Å². The molecule has 0 amide bonds. The van der Waals surface area contributed by atoms with Gasteiger partial charge in [-0.3, -0.25) is 4.79 Å². The minimum Gasteiger partial charge on any atom is -0.495 e. The Morgan fingerprint density at radius 3 is 2.50 bits per heavy atom. The van der Waals surface area contributed by atoms with E-state index >= 15 is 0 Å². The van der Waals surface area contributed by atoms with Crippen LogP contribution in [0.15, 0.2) is 36.4 Å². The third-order valence-electron chi connectivity index (χ3n) is 2.61. The van der Waals surface area contributed by atoms with Crippen LogP contribution in [0.2, 0.25) is 5.02 Å². The van der Waals surface area contributed by atoms with Crippen LogP contribution in [-0.2, 0) is 0 Å². The number of benzene rings is 2. The number of hydrogen-bond acceptors (Lipinski definition) is 2. The molecule has 2 rings (SSSR count). The van der Waals surface area contributed by atoms with E-state index in [4.69, 9.17) is 16.3 Å². The lowest BCUT2D eigenvalue weighted by Crippen LogP contribution is -1.90. The molecule has 2 aromatic rings. The molecule has 0 heterocycles. The van der Waals surface area contributed by atoms with E-state index in [0.29, 0.717) is 17.1 Å². The van der Waals surface area contributed by atoms with Crippen molar-refractivity contribution in [2.45, 2.75) is 0 Å². The quantitative estimate of drug-likeness (QED) is 0.784. The third-order valence-corrected chi connectivity index (χ3v) is 2.92. The van der Waals surface area contributed by atoms with Crippen molar-refractivity contribution in [2.75, 3.05) is 7.11 Å². The summed E-state index contributed by atoms with van der Waals surface area (Å²) in [6.07, 6.45) is 0.492. The van der Waals surface area contributed by atoms with Crippen LogP contribution >= 0.6 is 11.6 Å². The van der Waals surface area contributed by atoms with Crippen LogP contribution in [0.5, 0.6) is 5.75 Å². The molecular formula is C14H10ClFO2. The fraction of sp³-hybridized carbons (Fsp3) is 0.0714. The first-order valence-corrected chi connectivity index (χ1v) is 5.62. The van der Waals surface area contributed by atoms with Gasteiger partial charge in [-0.15, -0.1) is 0 Å². The van der Waals surface area contributed by atoms with E-state index in [1.165, 1.54) is 19.2 Å². The van der Waals surface area contributed by atoms with Crippen molar-refractivity contribution in [3.63, 3.8) is 0 Å². The molecule has 0 N–H and O–H groups in total. The Bertz CT molecular complexity index is 596. The highest BCUT2D eigenvalue weighted by Gasteiger charge is 2.07. The van der Waals surface area contributed by atoms with Crippen LogP contribution in [0.1, 0.15) is 10.4 Å². The molecular weight excluding hydrogens is 255 g/mol. The second-order valence-electron chi connectivity index (χ2n) is 3.70. The van der Waals surface area contributed by atoms with Gasteiger partial charge in [-0.05, 0) is 35.4 Å². The van der Waals surface area contributed by atoms with E-state index in [0.717, 1.165) is 11.1 Å². The zero-order valence-electron chi connectivity index (χ0n) is 9.61. The van der Waals surface area contributed by atoms with Gasteiger partial charge in [0.15, 0.2) is 6.29 Å². The summed E-state index contributed by atoms with van der Waals surface area (Å²) in [6, 6.07) is 9.58. The van der Waals surface area contributed by atoms with E-state index in [-0.39, 0.29) is 5.56 Å². The first-order chi connectivity index (χ1) is 8.65. The van der Waals surface area contributed by atoms with Gasteiger partial charge in [0.05, 0.1) is 17.7 Å². The number of halogens is 2. The summed E-state index contributed by atoms with van der Waals surface area (Å²) in [5.74, 6) is 0.000762. The van der Waals surface area contributed by atoms with Crippen molar-refractivity contribution in [2.24, 2.45) is 0 Å². The Kier molecular flexibility index (Phi) is 3.63. The number of ether oxygens (including phenoxy) is 1. The molecule has 0 unspecified atom stereocenters. The van der Waals surface area contributed by atoms with E-state index in [2.05, 4.69) is 0 Å². The molecule has 0 aliphatic rings. The Morgan fingerprint density at radius 1 is 1.17 bits per heavy atom. The number of carbonyl (C=O) groups is 1. The molecule has 2 aromatic carbocycles. The fourth-order valence-corrected chi connectivity index (χ4v) is 1.85. The van der Waals surface area contributed by atoms with Crippen LogP contribution in [-0.4, -0.2) is 13.4 Å². The molecule has 0 atom stereocenters. The van der Waals surface area contributed by atoms with Gasteiger partial charge >= 0.3 is 0 Å². The Hall–Kier alpha value is -1.87. The predicted molar refractivity (Wildman–Crippen MR) is 68.8 cm³/mol. The maximum atomic E-state index is 13.2. The predicted octanol–water partition coefficient (Wildman–Crippen LogP) is 3.97. The highest BCUT2D eigenvalue weighted by molar-refractivity contribution is 6.32. The second-order valence-corrected chi connectivity index (χ2v) is 4.11. The molecule has 4 heteroatoms. The molecule has 18 heavy (non-hydrogen) atoms. The first-order valence-electron chi connectivity index (χ1n) is 5.24. The molecule has 0 aliphatic heterocycles. The van der Waals surface area contributed by atoms with Crippen LogP contribution in [0, 0.1) is 5.82 Å². The lowest BCUT2D eigenvalue weighted by molar-refractivity contribution is 0.112. The van der Waals surface area contributed by atoms with Crippen molar-refractivity contribution in [3.05, 3.63) is 52.8 Å². The summed E-state index contributed by atoms with van der Waals surface area (Å²) in [6.45, 7) is 0. The maximum absolute atomic E-state index is 13.2. The molecule has 0 aromatic heterocycles. The minimum atomic E-state index is -0.533. The monoisotopic (exact) mass is 264 g/mol. The lowest BCUT2D eigenvalue weighted by atomic mass is 10.0. The number of rotatable bonds is 3. The molecule has 0 spiro atoms. The summed E-state index contributed by atoms with van der Waals surface area (Å²) >= 11 is 5.93. The normalized spacial score (nSPS) is 10.2. The number of aldehydes is 1. The topological polar surface area (TPSA) is 26.3 Å². The Morgan fingerprint density at radius 2 is 1.83 bits per heavy atom. The number of hydrogen-bond donors (Lipinski definition) is 0. The van der Waals surface area contributed by atoms with Gasteiger partial charge in [0, 0.05) is 0 Å².